The molecule has 1 saturated carbocycles. The number of benzene rings is 4. The summed E-state index contributed by atoms with van der Waals surface area (Å²) in [6.07, 6.45) is 1.80. The fraction of sp³-hybridized carbons (Fsp3) is 0.182. The van der Waals surface area contributed by atoms with Crippen LogP contribution in [-0.4, -0.2) is 5.78 Å². The first-order valence-electron chi connectivity index (χ1n) is 12.3. The maximum atomic E-state index is 14.2. The summed E-state index contributed by atoms with van der Waals surface area (Å²) in [7, 11) is 0. The molecule has 172 valence electrons. The molecule has 2 heteroatoms. The minimum absolute atomic E-state index is 0.0584. The van der Waals surface area contributed by atoms with Crippen molar-refractivity contribution >= 4 is 11.5 Å². The van der Waals surface area contributed by atoms with Gasteiger partial charge >= 0.3 is 0 Å². The van der Waals surface area contributed by atoms with Crippen molar-refractivity contribution in [2.75, 3.05) is 0 Å². The van der Waals surface area contributed by atoms with Crippen molar-refractivity contribution in [2.24, 2.45) is 5.41 Å². The first-order chi connectivity index (χ1) is 17.0. The molecule has 0 unspecified atom stereocenters. The van der Waals surface area contributed by atoms with Crippen LogP contribution in [0.2, 0.25) is 0 Å². The number of rotatable bonds is 5. The Labute approximate surface area is 206 Å². The van der Waals surface area contributed by atoms with Crippen LogP contribution in [0.4, 0.5) is 0 Å². The van der Waals surface area contributed by atoms with Crippen molar-refractivity contribution in [1.29, 1.82) is 0 Å². The average Bonchev–Trinajstić information content (AvgIpc) is 3.64. The molecule has 0 bridgehead atoms. The summed E-state index contributed by atoms with van der Waals surface area (Å²) in [6, 6.07) is 37.0. The van der Waals surface area contributed by atoms with E-state index in [-0.39, 0.29) is 5.78 Å². The number of Topliss-reactive ketones (excluding diaryl/α,β-unsaturated/α-hetero) is 1. The van der Waals surface area contributed by atoms with Crippen LogP contribution >= 0.6 is 0 Å². The maximum Gasteiger partial charge on any atom is 0.193 e. The second-order valence-electron chi connectivity index (χ2n) is 9.86. The van der Waals surface area contributed by atoms with E-state index < -0.39 is 11.0 Å². The Bertz CT molecular complexity index is 1360. The topological polar surface area (TPSA) is 26.3 Å². The maximum absolute atomic E-state index is 14.2. The second kappa shape index (κ2) is 8.09. The number of hydrogen-bond acceptors (Lipinski definition) is 2. The molecule has 0 aromatic heterocycles. The molecule has 0 radical (unpaired) electrons. The van der Waals surface area contributed by atoms with Crippen molar-refractivity contribution in [2.45, 2.75) is 32.3 Å². The van der Waals surface area contributed by atoms with E-state index in [1.165, 1.54) is 11.1 Å². The molecule has 1 aliphatic heterocycles. The fourth-order valence-corrected chi connectivity index (χ4v) is 5.68. The third kappa shape index (κ3) is 3.28. The number of ketones is 1. The van der Waals surface area contributed by atoms with Crippen molar-refractivity contribution in [1.82, 2.24) is 0 Å². The summed E-state index contributed by atoms with van der Waals surface area (Å²) in [4.78, 5) is 14.2. The van der Waals surface area contributed by atoms with Gasteiger partial charge in [0.25, 0.3) is 0 Å². The number of ether oxygens (including phenoxy) is 1. The number of carbonyl (C=O) groups excluding carboxylic acids is 1. The van der Waals surface area contributed by atoms with E-state index in [0.717, 1.165) is 35.1 Å². The lowest BCUT2D eigenvalue weighted by molar-refractivity contribution is 0.0452. The van der Waals surface area contributed by atoms with E-state index in [4.69, 9.17) is 4.74 Å². The zero-order valence-electron chi connectivity index (χ0n) is 20.1. The molecule has 2 aliphatic rings. The van der Waals surface area contributed by atoms with Gasteiger partial charge in [0.2, 0.25) is 0 Å². The largest absolute Gasteiger partial charge is 0.476 e. The molecule has 1 aliphatic carbocycles. The van der Waals surface area contributed by atoms with Crippen molar-refractivity contribution in [3.63, 3.8) is 0 Å². The van der Waals surface area contributed by atoms with Crippen molar-refractivity contribution in [3.8, 4) is 0 Å². The fourth-order valence-electron chi connectivity index (χ4n) is 5.68. The van der Waals surface area contributed by atoms with E-state index >= 15 is 0 Å². The summed E-state index contributed by atoms with van der Waals surface area (Å²) in [5.41, 5.74) is 5.85. The van der Waals surface area contributed by atoms with Gasteiger partial charge in [0.15, 0.2) is 11.4 Å². The van der Waals surface area contributed by atoms with Gasteiger partial charge in [-0.05, 0) is 26.7 Å². The quantitative estimate of drug-likeness (QED) is 0.288. The molecule has 0 atom stereocenters. The zero-order chi connectivity index (χ0) is 24.0. The van der Waals surface area contributed by atoms with Crippen LogP contribution in [0.5, 0.6) is 0 Å². The molecule has 1 fully saturated rings. The normalized spacial score (nSPS) is 17.3. The Morgan fingerprint density at radius 1 is 0.657 bits per heavy atom. The summed E-state index contributed by atoms with van der Waals surface area (Å²) in [6.45, 7) is 4.20. The highest BCUT2D eigenvalue weighted by atomic mass is 16.5. The summed E-state index contributed by atoms with van der Waals surface area (Å²) in [5, 5.41) is 0. The Morgan fingerprint density at radius 2 is 1.14 bits per heavy atom. The number of aryl methyl sites for hydroxylation is 2. The molecule has 1 heterocycles. The summed E-state index contributed by atoms with van der Waals surface area (Å²) >= 11 is 0. The Kier molecular flexibility index (Phi) is 5.00. The molecule has 35 heavy (non-hydrogen) atoms. The van der Waals surface area contributed by atoms with E-state index in [0.29, 0.717) is 11.3 Å². The molecule has 0 N–H and O–H groups in total. The van der Waals surface area contributed by atoms with E-state index in [2.05, 4.69) is 62.4 Å². The average molecular weight is 457 g/mol. The zero-order valence-corrected chi connectivity index (χ0v) is 20.1. The first kappa shape index (κ1) is 21.6. The third-order valence-corrected chi connectivity index (χ3v) is 7.60. The third-order valence-electron chi connectivity index (χ3n) is 7.60. The number of carbonyl (C=O) groups is 1. The van der Waals surface area contributed by atoms with Gasteiger partial charge in [0.1, 0.15) is 5.76 Å². The lowest BCUT2D eigenvalue weighted by Gasteiger charge is -2.37. The van der Waals surface area contributed by atoms with Gasteiger partial charge in [-0.3, -0.25) is 4.79 Å². The second-order valence-corrected chi connectivity index (χ2v) is 9.86. The van der Waals surface area contributed by atoms with Crippen LogP contribution < -0.4 is 0 Å². The molecule has 2 nitrogen and oxygen atoms in total. The molecular formula is C33H28O2. The smallest absolute Gasteiger partial charge is 0.193 e. The summed E-state index contributed by atoms with van der Waals surface area (Å²) in [5.74, 6) is 0.765. The molecule has 6 rings (SSSR count). The minimum Gasteiger partial charge on any atom is -0.476 e. The van der Waals surface area contributed by atoms with Gasteiger partial charge in [-0.25, -0.2) is 0 Å². The molecular weight excluding hydrogens is 428 g/mol. The Morgan fingerprint density at radius 3 is 1.63 bits per heavy atom. The van der Waals surface area contributed by atoms with Gasteiger partial charge in [-0.15, -0.1) is 0 Å². The van der Waals surface area contributed by atoms with Crippen LogP contribution in [0.15, 0.2) is 115 Å². The summed E-state index contributed by atoms with van der Waals surface area (Å²) < 4.78 is 7.18. The lowest BCUT2D eigenvalue weighted by atomic mass is 9.69. The number of hydrogen-bond donors (Lipinski definition) is 0. The molecule has 0 saturated heterocycles. The van der Waals surface area contributed by atoms with Crippen LogP contribution in [0.1, 0.15) is 51.0 Å². The minimum atomic E-state index is -0.765. The SMILES string of the molecule is Cc1ccc(C2(c3ccc(C)cc3)OC(c3ccccc3)=C(C(=O)c3ccccc3)C23CC3)cc1. The van der Waals surface area contributed by atoms with Crippen LogP contribution in [-0.2, 0) is 10.3 Å². The van der Waals surface area contributed by atoms with E-state index in [9.17, 15) is 4.79 Å². The van der Waals surface area contributed by atoms with E-state index in [1.807, 2.05) is 60.7 Å². The predicted molar refractivity (Wildman–Crippen MR) is 140 cm³/mol. The van der Waals surface area contributed by atoms with Crippen LogP contribution in [0.25, 0.3) is 5.76 Å². The van der Waals surface area contributed by atoms with Crippen LogP contribution in [0.3, 0.4) is 0 Å². The van der Waals surface area contributed by atoms with Gasteiger partial charge in [-0.2, -0.15) is 0 Å². The van der Waals surface area contributed by atoms with Gasteiger partial charge in [0, 0.05) is 22.3 Å². The molecule has 0 amide bonds. The van der Waals surface area contributed by atoms with Gasteiger partial charge in [-0.1, -0.05) is 120 Å². The Balaban J connectivity index is 1.63. The predicted octanol–water partition coefficient (Wildman–Crippen LogP) is 7.65. The standard InChI is InChI=1S/C33H28O2/c1-23-13-17-27(18-14-23)33(28-19-15-24(2)16-20-28)32(21-22-32)29(30(34)25-9-5-3-6-10-25)31(35-33)26-11-7-4-8-12-26/h3-20H,21-22H2,1-2H3. The molecule has 1 spiro atoms. The first-order valence-corrected chi connectivity index (χ1v) is 12.3. The highest BCUT2D eigenvalue weighted by Gasteiger charge is 2.71. The Hall–Kier alpha value is -3.91. The van der Waals surface area contributed by atoms with Gasteiger partial charge in [0.05, 0.1) is 11.0 Å². The monoisotopic (exact) mass is 456 g/mol. The van der Waals surface area contributed by atoms with Crippen molar-refractivity contribution in [3.05, 3.63) is 148 Å². The van der Waals surface area contributed by atoms with Gasteiger partial charge < -0.3 is 4.74 Å². The van der Waals surface area contributed by atoms with Crippen LogP contribution in [0, 0.1) is 19.3 Å². The lowest BCUT2D eigenvalue weighted by Crippen LogP contribution is -2.38. The van der Waals surface area contributed by atoms with Crippen molar-refractivity contribution < 1.29 is 9.53 Å². The molecule has 4 aromatic carbocycles. The highest BCUT2D eigenvalue weighted by molar-refractivity contribution is 6.15. The molecule has 4 aromatic rings. The highest BCUT2D eigenvalue weighted by Crippen LogP contribution is 2.72. The van der Waals surface area contributed by atoms with E-state index in [1.54, 1.807) is 0 Å².